The van der Waals surface area contributed by atoms with Gasteiger partial charge in [-0.15, -0.1) is 0 Å². The maximum atomic E-state index is 13.0. The number of hydrogen-bond acceptors (Lipinski definition) is 2. The number of aryl methyl sites for hydroxylation is 2. The SMILES string of the molecule is Cc1cccc(C)c1NC(=O)c1c(C)n(Cc2ccccc2)c(C)c(Cl)c1=O. The van der Waals surface area contributed by atoms with Gasteiger partial charge in [0, 0.05) is 23.6 Å². The number of rotatable bonds is 4. The van der Waals surface area contributed by atoms with Crippen LogP contribution in [-0.4, -0.2) is 10.5 Å². The summed E-state index contributed by atoms with van der Waals surface area (Å²) in [5, 5.41) is 2.98. The predicted octanol–water partition coefficient (Wildman–Crippen LogP) is 5.04. The number of para-hydroxylation sites is 1. The van der Waals surface area contributed by atoms with Crippen LogP contribution in [0, 0.1) is 27.7 Å². The summed E-state index contributed by atoms with van der Waals surface area (Å²) in [6, 6.07) is 15.6. The van der Waals surface area contributed by atoms with E-state index in [0.717, 1.165) is 22.4 Å². The Morgan fingerprint density at radius 3 is 2.14 bits per heavy atom. The number of nitrogens with one attached hydrogen (secondary N) is 1. The first kappa shape index (κ1) is 19.9. The summed E-state index contributed by atoms with van der Waals surface area (Å²) in [6.07, 6.45) is 0. The molecule has 0 unspecified atom stereocenters. The van der Waals surface area contributed by atoms with E-state index in [0.29, 0.717) is 17.9 Å². The molecule has 0 saturated heterocycles. The Kier molecular flexibility index (Phi) is 5.71. The van der Waals surface area contributed by atoms with Crippen molar-refractivity contribution in [2.45, 2.75) is 34.2 Å². The number of halogens is 1. The second-order valence-corrected chi connectivity index (χ2v) is 7.36. The molecule has 1 aromatic heterocycles. The average Bonchev–Trinajstić information content (AvgIpc) is 2.67. The Morgan fingerprint density at radius 2 is 1.54 bits per heavy atom. The van der Waals surface area contributed by atoms with Crippen molar-refractivity contribution in [2.75, 3.05) is 5.32 Å². The minimum absolute atomic E-state index is 0.0770. The number of nitrogens with zero attached hydrogens (tertiary/aromatic N) is 1. The second kappa shape index (κ2) is 8.03. The van der Waals surface area contributed by atoms with E-state index >= 15 is 0 Å². The number of aromatic nitrogens is 1. The maximum absolute atomic E-state index is 13.0. The van der Waals surface area contributed by atoms with E-state index in [4.69, 9.17) is 11.6 Å². The fraction of sp³-hybridized carbons (Fsp3) is 0.217. The molecule has 0 aliphatic carbocycles. The third-order valence-electron chi connectivity index (χ3n) is 5.05. The molecule has 1 N–H and O–H groups in total. The van der Waals surface area contributed by atoms with E-state index in [9.17, 15) is 9.59 Å². The molecule has 144 valence electrons. The zero-order valence-electron chi connectivity index (χ0n) is 16.5. The van der Waals surface area contributed by atoms with Crippen molar-refractivity contribution in [3.05, 3.63) is 97.4 Å². The summed E-state index contributed by atoms with van der Waals surface area (Å²) >= 11 is 6.32. The first-order valence-electron chi connectivity index (χ1n) is 9.12. The van der Waals surface area contributed by atoms with Crippen LogP contribution in [0.15, 0.2) is 53.3 Å². The van der Waals surface area contributed by atoms with Crippen molar-refractivity contribution in [2.24, 2.45) is 0 Å². The highest BCUT2D eigenvalue weighted by Gasteiger charge is 2.22. The molecular formula is C23H23ClN2O2. The summed E-state index contributed by atoms with van der Waals surface area (Å²) in [5.41, 5.74) is 4.55. The number of pyridine rings is 1. The van der Waals surface area contributed by atoms with Crippen molar-refractivity contribution in [1.29, 1.82) is 0 Å². The maximum Gasteiger partial charge on any atom is 0.261 e. The molecule has 0 radical (unpaired) electrons. The van der Waals surface area contributed by atoms with Gasteiger partial charge in [-0.2, -0.15) is 0 Å². The largest absolute Gasteiger partial charge is 0.342 e. The molecule has 2 aromatic carbocycles. The number of benzene rings is 2. The van der Waals surface area contributed by atoms with Crippen LogP contribution in [0.1, 0.15) is 38.4 Å². The fourth-order valence-corrected chi connectivity index (χ4v) is 3.60. The summed E-state index contributed by atoms with van der Waals surface area (Å²) in [6.45, 7) is 7.96. The highest BCUT2D eigenvalue weighted by Crippen LogP contribution is 2.22. The molecule has 1 amide bonds. The van der Waals surface area contributed by atoms with E-state index in [1.54, 1.807) is 13.8 Å². The lowest BCUT2D eigenvalue weighted by atomic mass is 10.1. The van der Waals surface area contributed by atoms with Gasteiger partial charge in [0.15, 0.2) is 0 Å². The Morgan fingerprint density at radius 1 is 0.929 bits per heavy atom. The molecular weight excluding hydrogens is 372 g/mol. The Bertz CT molecular complexity index is 1080. The van der Waals surface area contributed by atoms with E-state index in [2.05, 4.69) is 5.32 Å². The molecule has 0 atom stereocenters. The van der Waals surface area contributed by atoms with E-state index < -0.39 is 11.3 Å². The van der Waals surface area contributed by atoms with Gasteiger partial charge in [0.25, 0.3) is 5.91 Å². The Hall–Kier alpha value is -2.85. The van der Waals surface area contributed by atoms with E-state index in [1.165, 1.54) is 0 Å². The van der Waals surface area contributed by atoms with E-state index in [-0.39, 0.29) is 10.6 Å². The minimum atomic E-state index is -0.441. The Balaban J connectivity index is 2.08. The van der Waals surface area contributed by atoms with E-state index in [1.807, 2.05) is 66.9 Å². The van der Waals surface area contributed by atoms with Crippen molar-refractivity contribution in [3.8, 4) is 0 Å². The standard InChI is InChI=1S/C23H23ClN2O2/c1-14-9-8-10-15(2)21(14)25-23(28)19-16(3)26(17(4)20(24)22(19)27)13-18-11-6-5-7-12-18/h5-12H,13H2,1-4H3,(H,25,28). The molecule has 0 aliphatic heterocycles. The number of hydrogen-bond donors (Lipinski definition) is 1. The number of amides is 1. The van der Waals surface area contributed by atoms with Crippen molar-refractivity contribution < 1.29 is 4.79 Å². The molecule has 5 heteroatoms. The van der Waals surface area contributed by atoms with Crippen LogP contribution in [0.3, 0.4) is 0 Å². The van der Waals surface area contributed by atoms with Crippen LogP contribution in [0.5, 0.6) is 0 Å². The lowest BCUT2D eigenvalue weighted by Crippen LogP contribution is -2.28. The highest BCUT2D eigenvalue weighted by atomic mass is 35.5. The van der Waals surface area contributed by atoms with Gasteiger partial charge in [-0.3, -0.25) is 9.59 Å². The van der Waals surface area contributed by atoms with Gasteiger partial charge in [0.1, 0.15) is 10.6 Å². The van der Waals surface area contributed by atoms with Gasteiger partial charge in [-0.1, -0.05) is 60.1 Å². The van der Waals surface area contributed by atoms with Gasteiger partial charge < -0.3 is 9.88 Å². The third-order valence-corrected chi connectivity index (χ3v) is 5.49. The molecule has 3 aromatic rings. The molecule has 4 nitrogen and oxygen atoms in total. The monoisotopic (exact) mass is 394 g/mol. The number of carbonyl (C=O) groups excluding carboxylic acids is 1. The molecule has 0 fully saturated rings. The zero-order chi connectivity index (χ0) is 20.4. The van der Waals surface area contributed by atoms with Gasteiger partial charge in [-0.25, -0.2) is 0 Å². The summed E-state index contributed by atoms with van der Waals surface area (Å²) in [7, 11) is 0. The van der Waals surface area contributed by atoms with Gasteiger partial charge in [-0.05, 0) is 44.4 Å². The van der Waals surface area contributed by atoms with Crippen LogP contribution < -0.4 is 10.7 Å². The predicted molar refractivity (Wildman–Crippen MR) is 115 cm³/mol. The van der Waals surface area contributed by atoms with Crippen molar-refractivity contribution in [1.82, 2.24) is 4.57 Å². The van der Waals surface area contributed by atoms with Crippen LogP contribution >= 0.6 is 11.6 Å². The topological polar surface area (TPSA) is 51.1 Å². The summed E-state index contributed by atoms with van der Waals surface area (Å²) in [4.78, 5) is 25.9. The molecule has 3 rings (SSSR count). The van der Waals surface area contributed by atoms with Crippen LogP contribution in [0.25, 0.3) is 0 Å². The normalized spacial score (nSPS) is 10.8. The zero-order valence-corrected chi connectivity index (χ0v) is 17.2. The number of anilines is 1. The molecule has 28 heavy (non-hydrogen) atoms. The van der Waals surface area contributed by atoms with Gasteiger partial charge in [0.05, 0.1) is 0 Å². The minimum Gasteiger partial charge on any atom is -0.342 e. The van der Waals surface area contributed by atoms with Crippen LogP contribution in [0.4, 0.5) is 5.69 Å². The van der Waals surface area contributed by atoms with Crippen LogP contribution in [0.2, 0.25) is 5.02 Å². The second-order valence-electron chi connectivity index (χ2n) is 6.98. The quantitative estimate of drug-likeness (QED) is 0.674. The third kappa shape index (κ3) is 3.73. The lowest BCUT2D eigenvalue weighted by Gasteiger charge is -2.19. The first-order valence-corrected chi connectivity index (χ1v) is 9.50. The molecule has 0 saturated carbocycles. The van der Waals surface area contributed by atoms with Gasteiger partial charge in [0.2, 0.25) is 5.43 Å². The smallest absolute Gasteiger partial charge is 0.261 e. The molecule has 1 heterocycles. The molecule has 0 aliphatic rings. The summed E-state index contributed by atoms with van der Waals surface area (Å²) in [5.74, 6) is -0.441. The first-order chi connectivity index (χ1) is 13.3. The van der Waals surface area contributed by atoms with Gasteiger partial charge >= 0.3 is 0 Å². The lowest BCUT2D eigenvalue weighted by molar-refractivity contribution is 0.102. The van der Waals surface area contributed by atoms with Crippen LogP contribution in [-0.2, 0) is 6.54 Å². The van der Waals surface area contributed by atoms with Crippen molar-refractivity contribution >= 4 is 23.2 Å². The molecule has 0 bridgehead atoms. The number of carbonyl (C=O) groups is 1. The molecule has 0 spiro atoms. The van der Waals surface area contributed by atoms with Crippen molar-refractivity contribution in [3.63, 3.8) is 0 Å². The highest BCUT2D eigenvalue weighted by molar-refractivity contribution is 6.31. The fourth-order valence-electron chi connectivity index (χ4n) is 3.40. The summed E-state index contributed by atoms with van der Waals surface area (Å²) < 4.78 is 1.92. The average molecular weight is 395 g/mol. The Labute approximate surface area is 169 Å².